The summed E-state index contributed by atoms with van der Waals surface area (Å²) in [5.41, 5.74) is 0.557. The standard InChI is InChI=1S/C13H16ClIN2O/c14-12-7-10(15)1-2-11(12)13(18)17-6-4-9-3-5-16-8-9/h1-2,7,9,16H,3-6,8H2,(H,17,18). The van der Waals surface area contributed by atoms with Gasteiger partial charge in [0.05, 0.1) is 10.6 Å². The molecule has 5 heteroatoms. The fraction of sp³-hybridized carbons (Fsp3) is 0.462. The zero-order valence-electron chi connectivity index (χ0n) is 10.0. The highest BCUT2D eigenvalue weighted by Crippen LogP contribution is 2.19. The van der Waals surface area contributed by atoms with Gasteiger partial charge in [-0.05, 0) is 72.6 Å². The van der Waals surface area contributed by atoms with Crippen LogP contribution in [0.15, 0.2) is 18.2 Å². The summed E-state index contributed by atoms with van der Waals surface area (Å²) >= 11 is 8.23. The first-order chi connectivity index (χ1) is 8.66. The monoisotopic (exact) mass is 378 g/mol. The number of amides is 1. The highest BCUT2D eigenvalue weighted by Gasteiger charge is 2.15. The van der Waals surface area contributed by atoms with Crippen LogP contribution in [0.5, 0.6) is 0 Å². The molecule has 1 aromatic carbocycles. The second-order valence-electron chi connectivity index (χ2n) is 4.53. The van der Waals surface area contributed by atoms with E-state index in [4.69, 9.17) is 11.6 Å². The lowest BCUT2D eigenvalue weighted by molar-refractivity contribution is 0.0952. The predicted octanol–water partition coefficient (Wildman–Crippen LogP) is 2.67. The van der Waals surface area contributed by atoms with Crippen LogP contribution < -0.4 is 10.6 Å². The lowest BCUT2D eigenvalue weighted by Crippen LogP contribution is -2.26. The Morgan fingerprint density at radius 3 is 3.06 bits per heavy atom. The third-order valence-corrected chi connectivity index (χ3v) is 4.16. The second-order valence-corrected chi connectivity index (χ2v) is 6.18. The van der Waals surface area contributed by atoms with Crippen molar-refractivity contribution in [3.8, 4) is 0 Å². The van der Waals surface area contributed by atoms with Crippen LogP contribution in [0.3, 0.4) is 0 Å². The van der Waals surface area contributed by atoms with E-state index in [1.165, 1.54) is 6.42 Å². The number of halogens is 2. The van der Waals surface area contributed by atoms with Gasteiger partial charge in [0.2, 0.25) is 0 Å². The van der Waals surface area contributed by atoms with E-state index < -0.39 is 0 Å². The van der Waals surface area contributed by atoms with Crippen molar-refractivity contribution < 1.29 is 4.79 Å². The van der Waals surface area contributed by atoms with E-state index in [0.717, 1.165) is 23.1 Å². The molecule has 1 saturated heterocycles. The Labute approximate surface area is 126 Å². The molecule has 1 aromatic rings. The van der Waals surface area contributed by atoms with Crippen molar-refractivity contribution in [2.24, 2.45) is 5.92 Å². The molecule has 1 aliphatic rings. The smallest absolute Gasteiger partial charge is 0.252 e. The predicted molar refractivity (Wildman–Crippen MR) is 82.1 cm³/mol. The summed E-state index contributed by atoms with van der Waals surface area (Å²) in [7, 11) is 0. The van der Waals surface area contributed by atoms with Crippen molar-refractivity contribution >= 4 is 40.1 Å². The number of nitrogens with one attached hydrogen (secondary N) is 2. The quantitative estimate of drug-likeness (QED) is 0.791. The van der Waals surface area contributed by atoms with Crippen LogP contribution in [0.2, 0.25) is 5.02 Å². The van der Waals surface area contributed by atoms with E-state index in [2.05, 4.69) is 33.2 Å². The Morgan fingerprint density at radius 1 is 1.56 bits per heavy atom. The Balaban J connectivity index is 1.83. The van der Waals surface area contributed by atoms with E-state index in [0.29, 0.717) is 23.0 Å². The molecular formula is C13H16ClIN2O. The van der Waals surface area contributed by atoms with Gasteiger partial charge in [-0.15, -0.1) is 0 Å². The maximum atomic E-state index is 11.9. The van der Waals surface area contributed by atoms with E-state index in [1.807, 2.05) is 6.07 Å². The Bertz CT molecular complexity index is 433. The van der Waals surface area contributed by atoms with Crippen LogP contribution in [-0.2, 0) is 0 Å². The van der Waals surface area contributed by atoms with Gasteiger partial charge in [-0.2, -0.15) is 0 Å². The molecule has 2 rings (SSSR count). The normalized spacial score (nSPS) is 18.9. The average Bonchev–Trinajstić information content (AvgIpc) is 2.81. The third-order valence-electron chi connectivity index (χ3n) is 3.18. The topological polar surface area (TPSA) is 41.1 Å². The fourth-order valence-corrected chi connectivity index (χ4v) is 3.06. The summed E-state index contributed by atoms with van der Waals surface area (Å²) in [4.78, 5) is 11.9. The van der Waals surface area contributed by atoms with Crippen LogP contribution in [0.1, 0.15) is 23.2 Å². The number of carbonyl (C=O) groups excluding carboxylic acids is 1. The highest BCUT2D eigenvalue weighted by atomic mass is 127. The highest BCUT2D eigenvalue weighted by molar-refractivity contribution is 14.1. The number of benzene rings is 1. The third kappa shape index (κ3) is 3.83. The number of rotatable bonds is 4. The van der Waals surface area contributed by atoms with E-state index in [-0.39, 0.29) is 5.91 Å². The molecule has 98 valence electrons. The second kappa shape index (κ2) is 6.73. The minimum absolute atomic E-state index is 0.0812. The van der Waals surface area contributed by atoms with Gasteiger partial charge in [-0.1, -0.05) is 11.6 Å². The molecule has 0 aromatic heterocycles. The van der Waals surface area contributed by atoms with E-state index in [9.17, 15) is 4.79 Å². The molecule has 1 aliphatic heterocycles. The Morgan fingerprint density at radius 2 is 2.39 bits per heavy atom. The zero-order chi connectivity index (χ0) is 13.0. The van der Waals surface area contributed by atoms with Crippen molar-refractivity contribution in [3.05, 3.63) is 32.4 Å². The lowest BCUT2D eigenvalue weighted by atomic mass is 10.1. The summed E-state index contributed by atoms with van der Waals surface area (Å²) in [6.07, 6.45) is 2.24. The van der Waals surface area contributed by atoms with Crippen molar-refractivity contribution in [2.45, 2.75) is 12.8 Å². The molecule has 1 atom stereocenters. The molecule has 0 radical (unpaired) electrons. The molecule has 1 heterocycles. The summed E-state index contributed by atoms with van der Waals surface area (Å²) in [5, 5.41) is 6.77. The molecule has 3 nitrogen and oxygen atoms in total. The summed E-state index contributed by atoms with van der Waals surface area (Å²) in [6.45, 7) is 2.88. The molecule has 1 amide bonds. The fourth-order valence-electron chi connectivity index (χ4n) is 2.12. The van der Waals surface area contributed by atoms with Crippen LogP contribution in [0.4, 0.5) is 0 Å². The van der Waals surface area contributed by atoms with Crippen molar-refractivity contribution in [1.82, 2.24) is 10.6 Å². The van der Waals surface area contributed by atoms with Gasteiger partial charge >= 0.3 is 0 Å². The number of carbonyl (C=O) groups is 1. The number of hydrogen-bond donors (Lipinski definition) is 2. The van der Waals surface area contributed by atoms with Gasteiger partial charge in [0.25, 0.3) is 5.91 Å². The molecule has 2 N–H and O–H groups in total. The molecule has 0 saturated carbocycles. The van der Waals surface area contributed by atoms with Gasteiger partial charge in [0.15, 0.2) is 0 Å². The van der Waals surface area contributed by atoms with Crippen LogP contribution in [0.25, 0.3) is 0 Å². The van der Waals surface area contributed by atoms with Gasteiger partial charge in [-0.3, -0.25) is 4.79 Å². The molecule has 0 bridgehead atoms. The van der Waals surface area contributed by atoms with Crippen molar-refractivity contribution in [1.29, 1.82) is 0 Å². The summed E-state index contributed by atoms with van der Waals surface area (Å²) in [6, 6.07) is 5.47. The van der Waals surface area contributed by atoms with E-state index >= 15 is 0 Å². The van der Waals surface area contributed by atoms with Crippen molar-refractivity contribution in [3.63, 3.8) is 0 Å². The molecule has 18 heavy (non-hydrogen) atoms. The SMILES string of the molecule is O=C(NCCC1CCNC1)c1ccc(I)cc1Cl. The van der Waals surface area contributed by atoms with Gasteiger partial charge < -0.3 is 10.6 Å². The minimum atomic E-state index is -0.0812. The summed E-state index contributed by atoms with van der Waals surface area (Å²) < 4.78 is 1.03. The van der Waals surface area contributed by atoms with E-state index in [1.54, 1.807) is 12.1 Å². The summed E-state index contributed by atoms with van der Waals surface area (Å²) in [5.74, 6) is 0.611. The van der Waals surface area contributed by atoms with Crippen LogP contribution in [0, 0.1) is 9.49 Å². The molecule has 1 unspecified atom stereocenters. The first-order valence-corrected chi connectivity index (χ1v) is 7.56. The van der Waals surface area contributed by atoms with Crippen LogP contribution >= 0.6 is 34.2 Å². The van der Waals surface area contributed by atoms with Crippen molar-refractivity contribution in [2.75, 3.05) is 19.6 Å². The Hall–Kier alpha value is -0.330. The van der Waals surface area contributed by atoms with Crippen LogP contribution in [-0.4, -0.2) is 25.5 Å². The molecular weight excluding hydrogens is 363 g/mol. The van der Waals surface area contributed by atoms with Gasteiger partial charge in [0, 0.05) is 10.1 Å². The lowest BCUT2D eigenvalue weighted by Gasteiger charge is -2.10. The molecule has 0 aliphatic carbocycles. The minimum Gasteiger partial charge on any atom is -0.352 e. The largest absolute Gasteiger partial charge is 0.352 e. The molecule has 0 spiro atoms. The van der Waals surface area contributed by atoms with Gasteiger partial charge in [-0.25, -0.2) is 0 Å². The molecule has 1 fully saturated rings. The first kappa shape index (κ1) is 14.1. The first-order valence-electron chi connectivity index (χ1n) is 6.11. The number of hydrogen-bond acceptors (Lipinski definition) is 2. The maximum Gasteiger partial charge on any atom is 0.252 e. The maximum absolute atomic E-state index is 11.9. The average molecular weight is 379 g/mol. The zero-order valence-corrected chi connectivity index (χ0v) is 12.9. The van der Waals surface area contributed by atoms with Gasteiger partial charge in [0.1, 0.15) is 0 Å². The Kier molecular flexibility index (Phi) is 5.26.